The molecule has 0 spiro atoms. The molecule has 0 radical (unpaired) electrons. The maximum absolute atomic E-state index is 11.2. The van der Waals surface area contributed by atoms with E-state index in [1.54, 1.807) is 0 Å². The number of amides is 1. The lowest BCUT2D eigenvalue weighted by atomic mass is 10.3. The van der Waals surface area contributed by atoms with Crippen LogP contribution in [0.25, 0.3) is 0 Å². The van der Waals surface area contributed by atoms with Crippen molar-refractivity contribution in [2.75, 3.05) is 24.5 Å². The average Bonchev–Trinajstić information content (AvgIpc) is 2.15. The lowest BCUT2D eigenvalue weighted by molar-refractivity contribution is -0.144. The van der Waals surface area contributed by atoms with Crippen LogP contribution in [0.5, 0.6) is 0 Å². The SMILES string of the molecule is COC(=O)C(CSCCCl)NC(C)=O. The molecule has 1 N–H and O–H groups in total. The Labute approximate surface area is 92.7 Å². The number of alkyl halides is 1. The van der Waals surface area contributed by atoms with Crippen LogP contribution in [0.3, 0.4) is 0 Å². The summed E-state index contributed by atoms with van der Waals surface area (Å²) < 4.78 is 4.54. The first kappa shape index (κ1) is 13.6. The summed E-state index contributed by atoms with van der Waals surface area (Å²) in [7, 11) is 1.30. The molecule has 0 heterocycles. The quantitative estimate of drug-likeness (QED) is 0.420. The van der Waals surface area contributed by atoms with Gasteiger partial charge in [-0.3, -0.25) is 4.79 Å². The van der Waals surface area contributed by atoms with Gasteiger partial charge < -0.3 is 10.1 Å². The van der Waals surface area contributed by atoms with Gasteiger partial charge in [0.15, 0.2) is 0 Å². The molecule has 0 aromatic heterocycles. The Bertz CT molecular complexity index is 201. The molecule has 1 unspecified atom stereocenters. The third-order valence-electron chi connectivity index (χ3n) is 1.37. The molecule has 0 saturated heterocycles. The van der Waals surface area contributed by atoms with Crippen LogP contribution >= 0.6 is 23.4 Å². The topological polar surface area (TPSA) is 55.4 Å². The van der Waals surface area contributed by atoms with E-state index in [1.165, 1.54) is 25.8 Å². The molecule has 14 heavy (non-hydrogen) atoms. The van der Waals surface area contributed by atoms with Crippen molar-refractivity contribution in [2.45, 2.75) is 13.0 Å². The van der Waals surface area contributed by atoms with Crippen LogP contribution < -0.4 is 5.32 Å². The average molecular weight is 240 g/mol. The number of hydrogen-bond acceptors (Lipinski definition) is 4. The van der Waals surface area contributed by atoms with Gasteiger partial charge in [0.25, 0.3) is 0 Å². The molecule has 0 saturated carbocycles. The fourth-order valence-corrected chi connectivity index (χ4v) is 1.87. The Morgan fingerprint density at radius 1 is 1.57 bits per heavy atom. The normalized spacial score (nSPS) is 11.9. The molecule has 82 valence electrons. The van der Waals surface area contributed by atoms with Gasteiger partial charge in [-0.1, -0.05) is 0 Å². The Hall–Kier alpha value is -0.420. The van der Waals surface area contributed by atoms with Gasteiger partial charge in [0.2, 0.25) is 5.91 Å². The zero-order valence-electron chi connectivity index (χ0n) is 8.21. The van der Waals surface area contributed by atoms with Gasteiger partial charge in [0, 0.05) is 24.3 Å². The second-order valence-electron chi connectivity index (χ2n) is 2.54. The Kier molecular flexibility index (Phi) is 7.70. The number of thioether (sulfide) groups is 1. The fraction of sp³-hybridized carbons (Fsp3) is 0.750. The minimum Gasteiger partial charge on any atom is -0.467 e. The molecule has 6 heteroatoms. The van der Waals surface area contributed by atoms with Crippen LogP contribution in [-0.2, 0) is 14.3 Å². The largest absolute Gasteiger partial charge is 0.467 e. The maximum Gasteiger partial charge on any atom is 0.329 e. The first-order valence-electron chi connectivity index (χ1n) is 4.10. The van der Waals surface area contributed by atoms with E-state index in [9.17, 15) is 9.59 Å². The lowest BCUT2D eigenvalue weighted by Gasteiger charge is -2.14. The van der Waals surface area contributed by atoms with E-state index >= 15 is 0 Å². The van der Waals surface area contributed by atoms with Crippen LogP contribution in [0.1, 0.15) is 6.92 Å². The summed E-state index contributed by atoms with van der Waals surface area (Å²) in [5, 5.41) is 2.51. The van der Waals surface area contributed by atoms with Gasteiger partial charge >= 0.3 is 5.97 Å². The molecule has 0 fully saturated rings. The molecule has 0 aromatic rings. The highest BCUT2D eigenvalue weighted by molar-refractivity contribution is 7.99. The monoisotopic (exact) mass is 239 g/mol. The van der Waals surface area contributed by atoms with Crippen molar-refractivity contribution in [1.29, 1.82) is 0 Å². The molecule has 0 aliphatic heterocycles. The first-order valence-corrected chi connectivity index (χ1v) is 5.79. The van der Waals surface area contributed by atoms with Gasteiger partial charge in [-0.25, -0.2) is 4.79 Å². The highest BCUT2D eigenvalue weighted by Gasteiger charge is 2.19. The highest BCUT2D eigenvalue weighted by atomic mass is 35.5. The van der Waals surface area contributed by atoms with Gasteiger partial charge in [-0.05, 0) is 0 Å². The fourth-order valence-electron chi connectivity index (χ4n) is 0.812. The third kappa shape index (κ3) is 6.10. The minimum absolute atomic E-state index is 0.244. The number of carbonyl (C=O) groups excluding carboxylic acids is 2. The van der Waals surface area contributed by atoms with Gasteiger partial charge in [-0.2, -0.15) is 11.8 Å². The predicted octanol–water partition coefficient (Wildman–Crippen LogP) is 0.636. The van der Waals surface area contributed by atoms with Crippen LogP contribution in [0.2, 0.25) is 0 Å². The van der Waals surface area contributed by atoms with Crippen LogP contribution in [0, 0.1) is 0 Å². The Morgan fingerprint density at radius 2 is 2.21 bits per heavy atom. The van der Waals surface area contributed by atoms with E-state index in [4.69, 9.17) is 11.6 Å². The Balaban J connectivity index is 3.97. The second kappa shape index (κ2) is 7.94. The van der Waals surface area contributed by atoms with E-state index in [0.717, 1.165) is 5.75 Å². The summed E-state index contributed by atoms with van der Waals surface area (Å²) in [6.07, 6.45) is 0. The number of halogens is 1. The zero-order valence-corrected chi connectivity index (χ0v) is 9.78. The number of nitrogens with one attached hydrogen (secondary N) is 1. The van der Waals surface area contributed by atoms with Gasteiger partial charge in [0.1, 0.15) is 6.04 Å². The van der Waals surface area contributed by atoms with Gasteiger partial charge in [-0.15, -0.1) is 11.6 Å². The summed E-state index contributed by atoms with van der Waals surface area (Å²) in [5.74, 6) is 1.08. The molecular formula is C8H14ClNO3S. The molecule has 4 nitrogen and oxygen atoms in total. The smallest absolute Gasteiger partial charge is 0.329 e. The van der Waals surface area contributed by atoms with Crippen molar-refractivity contribution in [2.24, 2.45) is 0 Å². The number of methoxy groups -OCH3 is 1. The second-order valence-corrected chi connectivity index (χ2v) is 4.07. The standard InChI is InChI=1S/C8H14ClNO3S/c1-6(11)10-7(8(12)13-2)5-14-4-3-9/h7H,3-5H2,1-2H3,(H,10,11). The molecule has 0 bridgehead atoms. The van der Waals surface area contributed by atoms with Crippen molar-refractivity contribution in [1.82, 2.24) is 5.32 Å². The van der Waals surface area contributed by atoms with E-state index < -0.39 is 12.0 Å². The van der Waals surface area contributed by atoms with E-state index in [1.807, 2.05) is 0 Å². The summed E-state index contributed by atoms with van der Waals surface area (Å²) in [5.41, 5.74) is 0. The first-order chi connectivity index (χ1) is 6.61. The lowest BCUT2D eigenvalue weighted by Crippen LogP contribution is -2.42. The summed E-state index contributed by atoms with van der Waals surface area (Å²) in [6.45, 7) is 1.36. The number of rotatable bonds is 6. The summed E-state index contributed by atoms with van der Waals surface area (Å²) in [4.78, 5) is 21.9. The Morgan fingerprint density at radius 3 is 2.64 bits per heavy atom. The number of hydrogen-bond donors (Lipinski definition) is 1. The van der Waals surface area contributed by atoms with Crippen molar-refractivity contribution in [3.05, 3.63) is 0 Å². The number of esters is 1. The third-order valence-corrected chi connectivity index (χ3v) is 2.84. The van der Waals surface area contributed by atoms with E-state index in [0.29, 0.717) is 11.6 Å². The molecule has 0 aliphatic rings. The highest BCUT2D eigenvalue weighted by Crippen LogP contribution is 2.04. The maximum atomic E-state index is 11.2. The molecule has 0 aliphatic carbocycles. The summed E-state index contributed by atoms with van der Waals surface area (Å²) >= 11 is 6.98. The van der Waals surface area contributed by atoms with Gasteiger partial charge in [0.05, 0.1) is 7.11 Å². The van der Waals surface area contributed by atoms with Crippen LogP contribution in [-0.4, -0.2) is 42.4 Å². The van der Waals surface area contributed by atoms with Crippen LogP contribution in [0.4, 0.5) is 0 Å². The minimum atomic E-state index is -0.578. The van der Waals surface area contributed by atoms with Crippen molar-refractivity contribution in [3.8, 4) is 0 Å². The van der Waals surface area contributed by atoms with E-state index in [-0.39, 0.29) is 5.91 Å². The number of carbonyl (C=O) groups is 2. The zero-order chi connectivity index (χ0) is 11.0. The van der Waals surface area contributed by atoms with Crippen LogP contribution in [0.15, 0.2) is 0 Å². The molecule has 0 rings (SSSR count). The van der Waals surface area contributed by atoms with E-state index in [2.05, 4.69) is 10.1 Å². The summed E-state index contributed by atoms with van der Waals surface area (Å²) in [6, 6.07) is -0.578. The molecular weight excluding hydrogens is 226 g/mol. The number of ether oxygens (including phenoxy) is 1. The van der Waals surface area contributed by atoms with Crippen molar-refractivity contribution in [3.63, 3.8) is 0 Å². The van der Waals surface area contributed by atoms with Crippen molar-refractivity contribution < 1.29 is 14.3 Å². The molecule has 1 atom stereocenters. The predicted molar refractivity (Wildman–Crippen MR) is 57.7 cm³/mol. The molecule has 0 aromatic carbocycles. The molecule has 1 amide bonds. The van der Waals surface area contributed by atoms with Crippen molar-refractivity contribution >= 4 is 35.2 Å².